The van der Waals surface area contributed by atoms with Crippen LogP contribution in [0.25, 0.3) is 0 Å². The van der Waals surface area contributed by atoms with Crippen LogP contribution in [0.2, 0.25) is 0 Å². The number of halogens is 12. The van der Waals surface area contributed by atoms with Crippen LogP contribution in [0.3, 0.4) is 0 Å². The molecule has 0 radical (unpaired) electrons. The van der Waals surface area contributed by atoms with Crippen LogP contribution in [0.4, 0.5) is 69.7 Å². The van der Waals surface area contributed by atoms with Crippen molar-refractivity contribution in [2.75, 3.05) is 16.0 Å². The Morgan fingerprint density at radius 1 is 0.442 bits per heavy atom. The Hall–Kier alpha value is -3.99. The molecule has 2 aliphatic rings. The van der Waals surface area contributed by atoms with Crippen molar-refractivity contribution < 1.29 is 52.7 Å². The highest BCUT2D eigenvalue weighted by atomic mass is 19.2. The van der Waals surface area contributed by atoms with E-state index in [0.717, 1.165) is 0 Å². The molecule has 3 N–H and O–H groups in total. The zero-order valence-electron chi connectivity index (χ0n) is 21.6. The molecule has 5 rings (SSSR count). The van der Waals surface area contributed by atoms with Crippen LogP contribution in [-0.4, -0.2) is 31.6 Å². The second-order valence-electron chi connectivity index (χ2n) is 11.0. The average molecular weight is 630 g/mol. The molecular formula is C25H18F12N6. The number of nitrogens with one attached hydrogen (secondary N) is 3. The summed E-state index contributed by atoms with van der Waals surface area (Å²) >= 11 is 0. The van der Waals surface area contributed by atoms with Crippen molar-refractivity contribution in [3.05, 3.63) is 70.6 Å². The first-order valence-corrected chi connectivity index (χ1v) is 12.4. The van der Waals surface area contributed by atoms with Gasteiger partial charge in [0.05, 0.1) is 0 Å². The largest absolute Gasteiger partial charge is 0.375 e. The molecule has 2 saturated carbocycles. The van der Waals surface area contributed by atoms with E-state index in [2.05, 4.69) is 30.9 Å². The maximum absolute atomic E-state index is 14.7. The van der Waals surface area contributed by atoms with Crippen molar-refractivity contribution >= 4 is 17.1 Å². The molecule has 0 aliphatic heterocycles. The molecule has 0 spiro atoms. The second-order valence-corrected chi connectivity index (χ2v) is 11.0. The van der Waals surface area contributed by atoms with Gasteiger partial charge >= 0.3 is 0 Å². The Morgan fingerprint density at radius 3 is 1.02 bits per heavy atom. The molecule has 0 amide bonds. The van der Waals surface area contributed by atoms with E-state index in [1.54, 1.807) is 0 Å². The number of fused-ring (bicyclic) bond motifs is 2. The zero-order valence-corrected chi connectivity index (χ0v) is 21.6. The predicted octanol–water partition coefficient (Wildman–Crippen LogP) is 6.78. The van der Waals surface area contributed by atoms with Gasteiger partial charge in [-0.05, 0) is 45.4 Å². The summed E-state index contributed by atoms with van der Waals surface area (Å²) in [7, 11) is 0. The summed E-state index contributed by atoms with van der Waals surface area (Å²) in [6, 6.07) is 0. The summed E-state index contributed by atoms with van der Waals surface area (Å²) < 4.78 is 172. The lowest BCUT2D eigenvalue weighted by Gasteiger charge is -2.59. The molecule has 2 atom stereocenters. The Bertz CT molecular complexity index is 1470. The van der Waals surface area contributed by atoms with E-state index in [1.807, 2.05) is 0 Å². The number of rotatable bonds is 6. The molecule has 0 aromatic carbocycles. The van der Waals surface area contributed by atoms with E-state index < -0.39 is 124 Å². The molecule has 6 nitrogen and oxygen atoms in total. The molecule has 3 aromatic rings. The third-order valence-corrected chi connectivity index (χ3v) is 7.64. The molecule has 18 heteroatoms. The molecule has 2 fully saturated rings. The summed E-state index contributed by atoms with van der Waals surface area (Å²) in [6.45, 7) is 1.21. The first-order valence-electron chi connectivity index (χ1n) is 12.4. The minimum Gasteiger partial charge on any atom is -0.375 e. The van der Waals surface area contributed by atoms with Crippen molar-refractivity contribution in [1.82, 2.24) is 15.0 Å². The topological polar surface area (TPSA) is 74.8 Å². The van der Waals surface area contributed by atoms with Crippen molar-refractivity contribution in [2.45, 2.75) is 62.1 Å². The third-order valence-electron chi connectivity index (χ3n) is 7.64. The number of pyridine rings is 3. The van der Waals surface area contributed by atoms with Crippen LogP contribution in [0.15, 0.2) is 0 Å². The van der Waals surface area contributed by atoms with Gasteiger partial charge in [-0.15, -0.1) is 0 Å². The lowest BCUT2D eigenvalue weighted by molar-refractivity contribution is 0.106. The van der Waals surface area contributed by atoms with Gasteiger partial charge in [-0.2, -0.15) is 67.6 Å². The van der Waals surface area contributed by atoms with Gasteiger partial charge in [-0.1, -0.05) is 0 Å². The third kappa shape index (κ3) is 5.24. The van der Waals surface area contributed by atoms with Gasteiger partial charge in [-0.3, -0.25) is 0 Å². The van der Waals surface area contributed by atoms with E-state index in [1.165, 1.54) is 6.92 Å². The number of nitrogens with zero attached hydrogens (tertiary/aromatic N) is 3. The molecule has 3 heterocycles. The predicted molar refractivity (Wildman–Crippen MR) is 125 cm³/mol. The molecule has 0 saturated heterocycles. The molecule has 3 aromatic heterocycles. The Balaban J connectivity index is 1.66. The van der Waals surface area contributed by atoms with Crippen LogP contribution in [0.5, 0.6) is 0 Å². The van der Waals surface area contributed by atoms with E-state index >= 15 is 0 Å². The van der Waals surface area contributed by atoms with Crippen molar-refractivity contribution in [3.63, 3.8) is 0 Å². The number of hydrogen-bond acceptors (Lipinski definition) is 6. The first-order chi connectivity index (χ1) is 20.0. The highest BCUT2D eigenvalue weighted by molar-refractivity contribution is 5.54. The number of aromatic nitrogens is 3. The monoisotopic (exact) mass is 630 g/mol. The van der Waals surface area contributed by atoms with Crippen LogP contribution in [0.1, 0.15) is 45.4 Å². The maximum atomic E-state index is 14.7. The zero-order chi connectivity index (χ0) is 31.6. The summed E-state index contributed by atoms with van der Waals surface area (Å²) in [5.41, 5.74) is -9.38. The fourth-order valence-electron chi connectivity index (χ4n) is 6.46. The Morgan fingerprint density at radius 2 is 0.721 bits per heavy atom. The standard InChI is InChI=1S/C25H18F12N6/c1-23(41-14-8(26)17(32)38-18(33)9(14)27)5-24(42-15-10(28)19(34)39-20(35)11(15)29)3-2-4-25(6-23,7-24)43-16-12(30)21(36)40-22(37)13(16)31/h2-7H2,1H3,(H,38,41)(H,39,42)(H,40,43). The lowest BCUT2D eigenvalue weighted by Crippen LogP contribution is -2.65. The van der Waals surface area contributed by atoms with Gasteiger partial charge in [0, 0.05) is 16.6 Å². The van der Waals surface area contributed by atoms with Gasteiger partial charge in [0.1, 0.15) is 17.1 Å². The average Bonchev–Trinajstić information content (AvgIpc) is 2.92. The van der Waals surface area contributed by atoms with Crippen molar-refractivity contribution in [1.29, 1.82) is 0 Å². The molecule has 2 bridgehead atoms. The quantitative estimate of drug-likeness (QED) is 0.206. The van der Waals surface area contributed by atoms with Gasteiger partial charge < -0.3 is 16.0 Å². The molecule has 2 aliphatic carbocycles. The van der Waals surface area contributed by atoms with Crippen LogP contribution in [0, 0.1) is 70.6 Å². The van der Waals surface area contributed by atoms with E-state index in [4.69, 9.17) is 0 Å². The summed E-state index contributed by atoms with van der Waals surface area (Å²) in [5, 5.41) is 6.99. The van der Waals surface area contributed by atoms with Crippen LogP contribution < -0.4 is 16.0 Å². The Labute approximate surface area is 233 Å². The smallest absolute Gasteiger partial charge is 0.253 e. The van der Waals surface area contributed by atoms with Crippen LogP contribution in [-0.2, 0) is 0 Å². The van der Waals surface area contributed by atoms with Gasteiger partial charge in [0.25, 0.3) is 35.7 Å². The molecule has 2 unspecified atom stereocenters. The fraction of sp³-hybridized carbons (Fsp3) is 0.400. The normalized spacial score (nSPS) is 25.0. The number of hydrogen-bond donors (Lipinski definition) is 3. The van der Waals surface area contributed by atoms with Gasteiger partial charge in [0.2, 0.25) is 34.9 Å². The minimum absolute atomic E-state index is 0.0515. The fourth-order valence-corrected chi connectivity index (χ4v) is 6.46. The molecular weight excluding hydrogens is 612 g/mol. The highest BCUT2D eigenvalue weighted by Gasteiger charge is 2.56. The lowest BCUT2D eigenvalue weighted by atomic mass is 9.57. The first kappa shape index (κ1) is 30.5. The SMILES string of the molecule is CC1(Nc2c(F)c(F)nc(F)c2F)CC2(Nc3c(F)c(F)nc(F)c3F)CCCC(Nc3c(F)c(F)nc(F)c3F)(C1)C2. The highest BCUT2D eigenvalue weighted by Crippen LogP contribution is 2.54. The van der Waals surface area contributed by atoms with E-state index in [0.29, 0.717) is 0 Å². The van der Waals surface area contributed by atoms with E-state index in [-0.39, 0.29) is 19.3 Å². The van der Waals surface area contributed by atoms with Gasteiger partial charge in [0.15, 0.2) is 0 Å². The van der Waals surface area contributed by atoms with Gasteiger partial charge in [-0.25, -0.2) is 0 Å². The van der Waals surface area contributed by atoms with E-state index in [9.17, 15) is 52.7 Å². The van der Waals surface area contributed by atoms with Crippen molar-refractivity contribution in [2.24, 2.45) is 0 Å². The molecule has 43 heavy (non-hydrogen) atoms. The summed E-state index contributed by atoms with van der Waals surface area (Å²) in [4.78, 5) is 7.37. The van der Waals surface area contributed by atoms with Crippen molar-refractivity contribution in [3.8, 4) is 0 Å². The summed E-state index contributed by atoms with van der Waals surface area (Å²) in [5.74, 6) is -24.0. The second kappa shape index (κ2) is 10.3. The molecule has 232 valence electrons. The summed E-state index contributed by atoms with van der Waals surface area (Å²) in [6.07, 6.45) is -1.49. The number of anilines is 3. The van der Waals surface area contributed by atoms with Crippen LogP contribution >= 0.6 is 0 Å². The minimum atomic E-state index is -2.04. The Kier molecular flexibility index (Phi) is 7.32. The maximum Gasteiger partial charge on any atom is 0.253 e.